The zero-order chi connectivity index (χ0) is 25.4. The van der Waals surface area contributed by atoms with E-state index in [1.165, 1.54) is 24.3 Å². The molecule has 4 rings (SSSR count). The lowest BCUT2D eigenvalue weighted by Crippen LogP contribution is -2.52. The van der Waals surface area contributed by atoms with Crippen LogP contribution in [0.15, 0.2) is 42.5 Å². The lowest BCUT2D eigenvalue weighted by Gasteiger charge is -2.30. The van der Waals surface area contributed by atoms with Crippen molar-refractivity contribution < 1.29 is 24.1 Å². The summed E-state index contributed by atoms with van der Waals surface area (Å²) in [6.07, 6.45) is 1.92. The molecule has 0 radical (unpaired) electrons. The predicted octanol–water partition coefficient (Wildman–Crippen LogP) is 3.87. The Morgan fingerprint density at radius 3 is 2.23 bits per heavy atom. The number of imide groups is 1. The number of nitro benzene ring substituents is 1. The van der Waals surface area contributed by atoms with E-state index in [0.717, 1.165) is 27.6 Å². The Morgan fingerprint density at radius 1 is 0.971 bits per heavy atom. The second-order valence-electron chi connectivity index (χ2n) is 9.51. The zero-order valence-electron chi connectivity index (χ0n) is 19.9. The van der Waals surface area contributed by atoms with Crippen molar-refractivity contribution in [1.82, 2.24) is 10.0 Å². The summed E-state index contributed by atoms with van der Waals surface area (Å²) < 4.78 is 0. The van der Waals surface area contributed by atoms with Crippen molar-refractivity contribution in [3.63, 3.8) is 0 Å². The fourth-order valence-electron chi connectivity index (χ4n) is 4.86. The molecule has 0 N–H and O–H groups in total. The maximum atomic E-state index is 13.5. The van der Waals surface area contributed by atoms with Gasteiger partial charge in [-0.1, -0.05) is 19.1 Å². The van der Waals surface area contributed by atoms with Crippen LogP contribution in [-0.2, 0) is 9.59 Å². The Kier molecular flexibility index (Phi) is 6.51. The molecule has 1 saturated carbocycles. The zero-order valence-corrected chi connectivity index (χ0v) is 19.9. The molecule has 1 saturated heterocycles. The number of fused-ring (bicyclic) bond motifs is 1. The maximum Gasteiger partial charge on any atom is 0.273 e. The molecule has 2 aromatic rings. The molecule has 0 spiro atoms. The summed E-state index contributed by atoms with van der Waals surface area (Å²) in [6.45, 7) is 5.30. The number of nitro groups is 1. The van der Waals surface area contributed by atoms with E-state index in [2.05, 4.69) is 0 Å². The van der Waals surface area contributed by atoms with Crippen molar-refractivity contribution in [3.05, 3.63) is 74.8 Å². The van der Waals surface area contributed by atoms with Gasteiger partial charge in [-0.25, -0.2) is 5.01 Å². The molecule has 0 bridgehead atoms. The number of hydrogen-bond donors (Lipinski definition) is 0. The van der Waals surface area contributed by atoms with Gasteiger partial charge in [-0.05, 0) is 68.4 Å². The first-order valence-electron chi connectivity index (χ1n) is 11.6. The molecule has 2 aromatic carbocycles. The average molecular weight is 478 g/mol. The van der Waals surface area contributed by atoms with Gasteiger partial charge in [0.2, 0.25) is 0 Å². The Hall–Kier alpha value is -3.88. The fourth-order valence-corrected chi connectivity index (χ4v) is 4.86. The smallest absolute Gasteiger partial charge is 0.273 e. The van der Waals surface area contributed by atoms with Crippen LogP contribution in [0.1, 0.15) is 58.0 Å². The highest BCUT2D eigenvalue weighted by molar-refractivity contribution is 6.09. The molecule has 3 amide bonds. The molecule has 1 aliphatic carbocycles. The molecule has 9 heteroatoms. The number of carbonyl (C=O) groups excluding carboxylic acids is 4. The normalized spacial score (nSPS) is 21.6. The number of nitrogens with zero attached hydrogens (tertiary/aromatic N) is 3. The second-order valence-corrected chi connectivity index (χ2v) is 9.51. The Balaban J connectivity index is 1.70. The van der Waals surface area contributed by atoms with Gasteiger partial charge in [0.1, 0.15) is 6.54 Å². The second kappa shape index (κ2) is 9.40. The van der Waals surface area contributed by atoms with E-state index in [4.69, 9.17) is 0 Å². The van der Waals surface area contributed by atoms with Gasteiger partial charge in [0.15, 0.2) is 5.78 Å². The van der Waals surface area contributed by atoms with Crippen LogP contribution >= 0.6 is 0 Å². The monoisotopic (exact) mass is 477 g/mol. The number of Topliss-reactive ketones (excluding diaryl/α,β-unsaturated/α-hetero) is 1. The average Bonchev–Trinajstić information content (AvgIpc) is 3.07. The fraction of sp³-hybridized carbons (Fsp3) is 0.385. The summed E-state index contributed by atoms with van der Waals surface area (Å²) in [5.74, 6) is -2.87. The van der Waals surface area contributed by atoms with Gasteiger partial charge in [0.05, 0.1) is 16.8 Å². The van der Waals surface area contributed by atoms with Crippen molar-refractivity contribution >= 4 is 29.2 Å². The first-order valence-corrected chi connectivity index (χ1v) is 11.6. The van der Waals surface area contributed by atoms with E-state index in [0.29, 0.717) is 18.4 Å². The Bertz CT molecular complexity index is 1220. The van der Waals surface area contributed by atoms with Crippen molar-refractivity contribution in [2.24, 2.45) is 17.8 Å². The summed E-state index contributed by atoms with van der Waals surface area (Å²) in [5.41, 5.74) is 2.10. The number of carbonyl (C=O) groups is 4. The van der Waals surface area contributed by atoms with Crippen LogP contribution in [0.4, 0.5) is 5.69 Å². The summed E-state index contributed by atoms with van der Waals surface area (Å²) in [4.78, 5) is 63.8. The van der Waals surface area contributed by atoms with E-state index >= 15 is 0 Å². The number of aryl methyl sites for hydroxylation is 2. The molecule has 182 valence electrons. The molecule has 2 fully saturated rings. The highest BCUT2D eigenvalue weighted by atomic mass is 16.6. The van der Waals surface area contributed by atoms with Gasteiger partial charge >= 0.3 is 0 Å². The van der Waals surface area contributed by atoms with E-state index < -0.39 is 46.8 Å². The van der Waals surface area contributed by atoms with Gasteiger partial charge < -0.3 is 0 Å². The van der Waals surface area contributed by atoms with Crippen LogP contribution in [0.25, 0.3) is 0 Å². The molecule has 9 nitrogen and oxygen atoms in total. The van der Waals surface area contributed by atoms with Crippen molar-refractivity contribution in [3.8, 4) is 0 Å². The largest absolute Gasteiger partial charge is 0.292 e. The molecular weight excluding hydrogens is 450 g/mol. The number of non-ortho nitro benzene ring substituents is 1. The SMILES string of the molecule is Cc1ccc(C(=O)CN(C(=O)c2ccc([N+](=O)[O-])cc2)N2C(=O)[C@H]3C[C@@H](C)CC[C@H]3C2=O)cc1C. The highest BCUT2D eigenvalue weighted by Crippen LogP contribution is 2.41. The number of hydrogen-bond acceptors (Lipinski definition) is 6. The lowest BCUT2D eigenvalue weighted by atomic mass is 9.76. The first kappa shape index (κ1) is 24.3. The molecule has 0 unspecified atom stereocenters. The predicted molar refractivity (Wildman–Crippen MR) is 126 cm³/mol. The standard InChI is InChI=1S/C26H27N3O6/c1-15-4-11-21-22(12-15)26(33)28(25(21)32)27(14-23(30)19-6-5-16(2)17(3)13-19)24(31)18-7-9-20(10-8-18)29(34)35/h5-10,13,15,21-22H,4,11-12,14H2,1-3H3/t15-,21+,22-/m0/s1. The van der Waals surface area contributed by atoms with Gasteiger partial charge in [-0.3, -0.25) is 29.3 Å². The molecule has 3 atom stereocenters. The highest BCUT2D eigenvalue weighted by Gasteiger charge is 2.52. The van der Waals surface area contributed by atoms with E-state index in [-0.39, 0.29) is 17.2 Å². The van der Waals surface area contributed by atoms with E-state index in [9.17, 15) is 29.3 Å². The third-order valence-corrected chi connectivity index (χ3v) is 7.09. The molecule has 35 heavy (non-hydrogen) atoms. The van der Waals surface area contributed by atoms with Crippen LogP contribution < -0.4 is 0 Å². The minimum absolute atomic E-state index is 0.0346. The summed E-state index contributed by atoms with van der Waals surface area (Å²) in [7, 11) is 0. The van der Waals surface area contributed by atoms with Gasteiger partial charge in [-0.2, -0.15) is 5.01 Å². The third-order valence-electron chi connectivity index (χ3n) is 7.09. The molecule has 2 aliphatic rings. The summed E-state index contributed by atoms with van der Waals surface area (Å²) in [5, 5.41) is 12.8. The quantitative estimate of drug-likeness (QED) is 0.270. The Labute approximate surface area is 202 Å². The number of rotatable bonds is 6. The summed E-state index contributed by atoms with van der Waals surface area (Å²) >= 11 is 0. The van der Waals surface area contributed by atoms with Gasteiger partial charge in [0, 0.05) is 23.3 Å². The minimum Gasteiger partial charge on any atom is -0.292 e. The van der Waals surface area contributed by atoms with E-state index in [1.807, 2.05) is 20.8 Å². The Morgan fingerprint density at radius 2 is 1.60 bits per heavy atom. The van der Waals surface area contributed by atoms with Crippen LogP contribution in [0.2, 0.25) is 0 Å². The lowest BCUT2D eigenvalue weighted by molar-refractivity contribution is -0.384. The minimum atomic E-state index is -0.745. The molecule has 1 aliphatic heterocycles. The van der Waals surface area contributed by atoms with Gasteiger partial charge in [0.25, 0.3) is 23.4 Å². The first-order chi connectivity index (χ1) is 16.6. The molecular formula is C26H27N3O6. The topological polar surface area (TPSA) is 118 Å². The van der Waals surface area contributed by atoms with Gasteiger partial charge in [-0.15, -0.1) is 0 Å². The van der Waals surface area contributed by atoms with E-state index in [1.54, 1.807) is 18.2 Å². The van der Waals surface area contributed by atoms with Crippen LogP contribution in [-0.4, -0.2) is 45.0 Å². The van der Waals surface area contributed by atoms with Crippen molar-refractivity contribution in [2.75, 3.05) is 6.54 Å². The summed E-state index contributed by atoms with van der Waals surface area (Å²) in [6, 6.07) is 10.0. The van der Waals surface area contributed by atoms with Crippen LogP contribution in [0, 0.1) is 41.7 Å². The molecule has 1 heterocycles. The number of ketones is 1. The number of benzene rings is 2. The van der Waals surface area contributed by atoms with Crippen LogP contribution in [0.5, 0.6) is 0 Å². The van der Waals surface area contributed by atoms with Crippen molar-refractivity contribution in [1.29, 1.82) is 0 Å². The van der Waals surface area contributed by atoms with Crippen molar-refractivity contribution in [2.45, 2.75) is 40.0 Å². The number of hydrazine groups is 1. The molecule has 0 aromatic heterocycles. The number of amides is 3. The third kappa shape index (κ3) is 4.58. The maximum absolute atomic E-state index is 13.5. The van der Waals surface area contributed by atoms with Crippen LogP contribution in [0.3, 0.4) is 0 Å².